The van der Waals surface area contributed by atoms with Crippen LogP contribution in [0.3, 0.4) is 0 Å². The lowest BCUT2D eigenvalue weighted by Gasteiger charge is -2.20. The molecule has 23 nitrogen and oxygen atoms in total. The summed E-state index contributed by atoms with van der Waals surface area (Å²) in [6.45, 7) is 31.6. The number of carbonyl (C=O) groups is 7. The SMILES string of the molecule is CC(=O)Cl.CC(=O)Oc1ccc(O)cc1.CC(=O)Oc1ccc(OCc2ccc(C)cc2)cc1.CC(=O)Oc1ccc(OCc2ccccc2)cc1.CC(C)(C)OC(=O)OC(=O)OC(C)(C)C.Cc1ccc(CBr)cc1.Cc1ccc(COc2ccc(O)cc2)cc1.Cc1ccc(COc2ccc(OC(=O)OC(C)(C)C)cc2)cc1.Oc1ccc(OCc2ccccc2)cc1.[HH]. The van der Waals surface area contributed by atoms with E-state index in [4.69, 9.17) is 72.2 Å². The highest BCUT2D eigenvalue weighted by Crippen LogP contribution is 2.26. The van der Waals surface area contributed by atoms with E-state index in [9.17, 15) is 33.6 Å². The second kappa shape index (κ2) is 58.3. The number of benzene rings is 12. The molecule has 0 aliphatic rings. The molecule has 0 aliphatic carbocycles. The summed E-state index contributed by atoms with van der Waals surface area (Å²) in [5.41, 5.74) is 9.98. The average Bonchev–Trinajstić information content (AvgIpc) is 0.882. The molecular weight excluding hydrogens is 1740 g/mol. The van der Waals surface area contributed by atoms with Gasteiger partial charge in [-0.25, -0.2) is 14.4 Å². The van der Waals surface area contributed by atoms with Crippen LogP contribution in [-0.2, 0) is 76.5 Å². The molecule has 0 aliphatic heterocycles. The molecule has 12 aromatic carbocycles. The van der Waals surface area contributed by atoms with E-state index in [2.05, 4.69) is 126 Å². The molecule has 690 valence electrons. The van der Waals surface area contributed by atoms with E-state index < -0.39 is 35.3 Å². The minimum Gasteiger partial charge on any atom is -0.508 e. The van der Waals surface area contributed by atoms with Crippen LogP contribution >= 0.6 is 27.5 Å². The molecule has 0 bridgehead atoms. The standard InChI is InChI=1S/C19H22O4.C16H16O3.C15H14O3.C14H14O2.C13H12O2.C10H18O5.C8H9Br.C8H8O3.C2H3ClO.H2/c1-14-5-7-15(8-6-14)13-21-16-9-11-17(12-10-16)22-18(20)23-19(2,3)4;1-12-3-5-14(6-4-12)11-18-15-7-9-16(10-8-15)19-13(2)17;1-12(16)18-15-9-7-14(8-10-15)17-11-13-5-3-2-4-6-13;1-11-2-4-12(5-3-11)10-16-14-8-6-13(15)7-9-14;14-12-6-8-13(9-7-12)15-10-11-4-2-1-3-5-11;1-9(2,3)14-7(11)13-8(12)15-10(4,5)6;1-7-2-4-8(6-9)5-3-7;1-6(9)11-8-4-2-7(10)3-5-8;1-2(3)4;/h5-12H,13H2,1-4H3;3-10H,11H2,1-2H3;2-10H,11H2,1H3;2-9,15H,10H2,1H3;1-9,14H,10H2;1-6H3;2-5H,6H2,1H3;2-5,10H,1H3;1H3;1H. The number of hydrogen-bond acceptors (Lipinski definition) is 23. The van der Waals surface area contributed by atoms with Crippen LogP contribution in [0.15, 0.2) is 303 Å². The molecule has 0 atom stereocenters. The molecule has 3 N–H and O–H groups in total. The van der Waals surface area contributed by atoms with E-state index in [1.165, 1.54) is 79.8 Å². The van der Waals surface area contributed by atoms with Crippen molar-refractivity contribution in [2.45, 2.75) is 173 Å². The Kier molecular flexibility index (Phi) is 48.5. The van der Waals surface area contributed by atoms with Gasteiger partial charge in [0.05, 0.1) is 0 Å². The summed E-state index contributed by atoms with van der Waals surface area (Å²) in [7, 11) is 0. The molecule has 0 unspecified atom stereocenters. The first-order valence-electron chi connectivity index (χ1n) is 40.9. The van der Waals surface area contributed by atoms with Crippen LogP contribution in [0.25, 0.3) is 0 Å². The molecule has 12 rings (SSSR count). The van der Waals surface area contributed by atoms with Crippen molar-refractivity contribution in [1.82, 2.24) is 0 Å². The summed E-state index contributed by atoms with van der Waals surface area (Å²) >= 11 is 8.02. The van der Waals surface area contributed by atoms with Gasteiger partial charge in [-0.3, -0.25) is 19.2 Å². The number of alkyl halides is 1. The van der Waals surface area contributed by atoms with E-state index in [0.29, 0.717) is 61.8 Å². The highest BCUT2D eigenvalue weighted by atomic mass is 79.9. The van der Waals surface area contributed by atoms with Gasteiger partial charge in [-0.1, -0.05) is 196 Å². The third-order valence-electron chi connectivity index (χ3n) is 15.7. The Bertz CT molecular complexity index is 5190. The fourth-order valence-corrected chi connectivity index (χ4v) is 9.97. The van der Waals surface area contributed by atoms with Crippen LogP contribution in [0.2, 0.25) is 0 Å². The molecule has 0 saturated carbocycles. The Morgan fingerprint density at radius 1 is 0.269 bits per heavy atom. The molecule has 0 saturated heterocycles. The van der Waals surface area contributed by atoms with Crippen LogP contribution in [0, 0.1) is 27.7 Å². The van der Waals surface area contributed by atoms with Crippen molar-refractivity contribution in [1.29, 1.82) is 0 Å². The zero-order chi connectivity index (χ0) is 96.0. The minimum atomic E-state index is -1.06. The first-order chi connectivity index (χ1) is 61.5. The van der Waals surface area contributed by atoms with E-state index >= 15 is 0 Å². The Morgan fingerprint density at radius 3 is 0.669 bits per heavy atom. The number of ether oxygens (including phenoxy) is 13. The quantitative estimate of drug-likeness (QED) is 0.0121. The predicted octanol–water partition coefficient (Wildman–Crippen LogP) is 25.9. The number of carbonyl (C=O) groups excluding carboxylic acids is 7. The molecule has 0 fully saturated rings. The van der Waals surface area contributed by atoms with Gasteiger partial charge in [-0.05, 0) is 281 Å². The van der Waals surface area contributed by atoms with Crippen LogP contribution in [0.4, 0.5) is 14.4 Å². The first-order valence-corrected chi connectivity index (χ1v) is 42.4. The van der Waals surface area contributed by atoms with Gasteiger partial charge in [0.2, 0.25) is 5.24 Å². The maximum atomic E-state index is 11.6. The lowest BCUT2D eigenvalue weighted by molar-refractivity contribution is -0.132. The molecule has 0 heterocycles. The molecule has 0 radical (unpaired) electrons. The number of aromatic hydroxyl groups is 3. The van der Waals surface area contributed by atoms with E-state index in [1.807, 2.05) is 91.9 Å². The van der Waals surface area contributed by atoms with Crippen molar-refractivity contribution in [3.8, 4) is 69.0 Å². The first kappa shape index (κ1) is 108. The van der Waals surface area contributed by atoms with Gasteiger partial charge < -0.3 is 76.9 Å². The second-order valence-corrected chi connectivity index (χ2v) is 32.3. The number of aryl methyl sites for hydroxylation is 4. The Hall–Kier alpha value is -14.1. The summed E-state index contributed by atoms with van der Waals surface area (Å²) in [5, 5.41) is 27.6. The predicted molar refractivity (Wildman–Crippen MR) is 509 cm³/mol. The van der Waals surface area contributed by atoms with E-state index in [0.717, 1.165) is 56.1 Å². The van der Waals surface area contributed by atoms with Gasteiger partial charge in [0.15, 0.2) is 0 Å². The number of halogens is 2. The smallest absolute Gasteiger partial charge is 0.508 e. The van der Waals surface area contributed by atoms with Crippen LogP contribution in [0.5, 0.6) is 69.0 Å². The maximum Gasteiger partial charge on any atom is 0.519 e. The molecule has 25 heteroatoms. The van der Waals surface area contributed by atoms with Crippen molar-refractivity contribution < 1.29 is 112 Å². The second-order valence-electron chi connectivity index (χ2n) is 31.2. The van der Waals surface area contributed by atoms with Crippen molar-refractivity contribution in [3.05, 3.63) is 359 Å². The summed E-state index contributed by atoms with van der Waals surface area (Å²) in [6.07, 6.45) is -2.83. The lowest BCUT2D eigenvalue weighted by atomic mass is 10.2. The summed E-state index contributed by atoms with van der Waals surface area (Å²) in [6, 6.07) is 93.3. The van der Waals surface area contributed by atoms with Gasteiger partial charge in [0.25, 0.3) is 0 Å². The molecule has 130 heavy (non-hydrogen) atoms. The minimum absolute atomic E-state index is 0. The molecule has 0 amide bonds. The Balaban J connectivity index is 0.000000387. The number of hydrogen-bond donors (Lipinski definition) is 3. The van der Waals surface area contributed by atoms with E-state index in [1.54, 1.807) is 184 Å². The average molecular weight is 1860 g/mol. The van der Waals surface area contributed by atoms with Crippen molar-refractivity contribution in [3.63, 3.8) is 0 Å². The lowest BCUT2D eigenvalue weighted by Crippen LogP contribution is -2.29. The summed E-state index contributed by atoms with van der Waals surface area (Å²) in [5.74, 6) is 5.27. The number of phenolic OH excluding ortho intramolecular Hbond substituents is 3. The van der Waals surface area contributed by atoms with Crippen LogP contribution < -0.4 is 42.6 Å². The molecule has 0 aromatic heterocycles. The van der Waals surface area contributed by atoms with Gasteiger partial charge >= 0.3 is 36.4 Å². The fourth-order valence-electron chi connectivity index (χ4n) is 9.60. The van der Waals surface area contributed by atoms with Crippen LogP contribution in [0.1, 0.15) is 147 Å². The highest BCUT2D eigenvalue weighted by molar-refractivity contribution is 9.08. The third-order valence-corrected chi connectivity index (χ3v) is 16.3. The zero-order valence-corrected chi connectivity index (χ0v) is 78.7. The summed E-state index contributed by atoms with van der Waals surface area (Å²) < 4.78 is 66.7. The van der Waals surface area contributed by atoms with Gasteiger partial charge in [-0.2, -0.15) is 0 Å². The molecule has 0 spiro atoms. The van der Waals surface area contributed by atoms with Gasteiger partial charge in [0.1, 0.15) is 119 Å². The third kappa shape index (κ3) is 54.0. The zero-order valence-electron chi connectivity index (χ0n) is 76.4. The van der Waals surface area contributed by atoms with Crippen molar-refractivity contribution >= 4 is 69.1 Å². The number of rotatable bonds is 20. The Morgan fingerprint density at radius 2 is 0.454 bits per heavy atom. The number of phenols is 3. The normalized spacial score (nSPS) is 10.1. The van der Waals surface area contributed by atoms with Crippen molar-refractivity contribution in [2.75, 3.05) is 0 Å². The molecule has 12 aromatic rings. The molecular formula is C105H118BrClO23. The fraction of sp³-hybridized carbons (Fsp3) is 0.248. The van der Waals surface area contributed by atoms with E-state index in [-0.39, 0.29) is 41.8 Å². The van der Waals surface area contributed by atoms with Gasteiger partial charge in [-0.15, -0.1) is 0 Å². The number of esters is 3. The van der Waals surface area contributed by atoms with Crippen molar-refractivity contribution in [2.24, 2.45) is 0 Å². The topological polar surface area (TPSA) is 300 Å². The monoisotopic (exact) mass is 1860 g/mol. The van der Waals surface area contributed by atoms with Crippen LogP contribution in [-0.4, -0.2) is 73.7 Å². The Labute approximate surface area is 777 Å². The largest absolute Gasteiger partial charge is 0.519 e. The highest BCUT2D eigenvalue weighted by Gasteiger charge is 2.25. The summed E-state index contributed by atoms with van der Waals surface area (Å²) in [4.78, 5) is 74.8. The maximum absolute atomic E-state index is 11.6. The van der Waals surface area contributed by atoms with Gasteiger partial charge in [0, 0.05) is 34.5 Å².